The summed E-state index contributed by atoms with van der Waals surface area (Å²) in [5.74, 6) is -0.657. The monoisotopic (exact) mass is 412 g/mol. The first-order valence-electron chi connectivity index (χ1n) is 8.69. The van der Waals surface area contributed by atoms with Crippen molar-refractivity contribution in [3.8, 4) is 0 Å². The lowest BCUT2D eigenvalue weighted by Crippen LogP contribution is -2.37. The number of aromatic nitrogens is 5. The van der Waals surface area contributed by atoms with Crippen LogP contribution in [0.1, 0.15) is 30.2 Å². The van der Waals surface area contributed by atoms with Crippen LogP contribution in [0.5, 0.6) is 0 Å². The second-order valence-electron chi connectivity index (χ2n) is 6.38. The summed E-state index contributed by atoms with van der Waals surface area (Å²) < 4.78 is 41.3. The third-order valence-electron chi connectivity index (χ3n) is 4.47. The van der Waals surface area contributed by atoms with E-state index in [9.17, 15) is 13.2 Å². The molecule has 12 heteroatoms. The molecule has 0 radical (unpaired) electrons. The zero-order valence-corrected chi connectivity index (χ0v) is 15.5. The van der Waals surface area contributed by atoms with Gasteiger partial charge in [0, 0.05) is 13.1 Å². The molecule has 1 N–H and O–H groups in total. The summed E-state index contributed by atoms with van der Waals surface area (Å²) in [6.07, 6.45) is 1.88. The largest absolute Gasteiger partial charge is 0.490 e. The van der Waals surface area contributed by atoms with Crippen molar-refractivity contribution in [2.75, 3.05) is 6.54 Å². The molecule has 3 aromatic rings. The van der Waals surface area contributed by atoms with Crippen molar-refractivity contribution in [1.82, 2.24) is 29.2 Å². The van der Waals surface area contributed by atoms with Gasteiger partial charge in [0.15, 0.2) is 0 Å². The van der Waals surface area contributed by atoms with Crippen LogP contribution in [0.2, 0.25) is 0 Å². The Morgan fingerprint density at radius 1 is 1.34 bits per heavy atom. The first kappa shape index (κ1) is 20.6. The molecule has 1 unspecified atom stereocenters. The number of carboxylic acids is 1. The van der Waals surface area contributed by atoms with Crippen LogP contribution >= 0.6 is 0 Å². The number of rotatable bonds is 4. The normalized spacial score (nSPS) is 16.8. The number of hydrogen-bond acceptors (Lipinski definition) is 6. The van der Waals surface area contributed by atoms with Crippen LogP contribution in [0.25, 0.3) is 0 Å². The first-order chi connectivity index (χ1) is 13.8. The highest BCUT2D eigenvalue weighted by Crippen LogP contribution is 2.27. The lowest BCUT2D eigenvalue weighted by Gasteiger charge is -2.33. The Labute approximate surface area is 163 Å². The predicted molar refractivity (Wildman–Crippen MR) is 92.6 cm³/mol. The smallest absolute Gasteiger partial charge is 0.475 e. The molecule has 1 aliphatic heterocycles. The number of carboxylic acid groups (broad SMARTS) is 1. The van der Waals surface area contributed by atoms with Crippen LogP contribution in [-0.4, -0.2) is 53.0 Å². The van der Waals surface area contributed by atoms with Gasteiger partial charge in [-0.25, -0.2) is 19.4 Å². The van der Waals surface area contributed by atoms with Crippen molar-refractivity contribution in [3.05, 3.63) is 54.5 Å². The Balaban J connectivity index is 0.000000298. The molecule has 9 nitrogen and oxygen atoms in total. The Morgan fingerprint density at radius 3 is 2.69 bits per heavy atom. The van der Waals surface area contributed by atoms with Gasteiger partial charge in [-0.15, -0.1) is 0 Å². The van der Waals surface area contributed by atoms with Crippen LogP contribution in [-0.2, 0) is 24.4 Å². The number of nitrogens with zero attached hydrogens (tertiary/aromatic N) is 6. The maximum Gasteiger partial charge on any atom is 0.490 e. The number of aliphatic carboxylic acids is 1. The van der Waals surface area contributed by atoms with Gasteiger partial charge in [-0.05, 0) is 19.1 Å². The fourth-order valence-electron chi connectivity index (χ4n) is 3.03. The number of fused-ring (bicyclic) bond motifs is 1. The Kier molecular flexibility index (Phi) is 6.01. The van der Waals surface area contributed by atoms with E-state index < -0.39 is 12.1 Å². The first-order valence-corrected chi connectivity index (χ1v) is 8.69. The van der Waals surface area contributed by atoms with Gasteiger partial charge in [0.25, 0.3) is 0 Å². The van der Waals surface area contributed by atoms with Gasteiger partial charge >= 0.3 is 12.1 Å². The van der Waals surface area contributed by atoms with Gasteiger partial charge in [-0.3, -0.25) is 4.90 Å². The summed E-state index contributed by atoms with van der Waals surface area (Å²) in [7, 11) is 0. The van der Waals surface area contributed by atoms with Gasteiger partial charge in [0.1, 0.15) is 24.2 Å². The predicted octanol–water partition coefficient (Wildman–Crippen LogP) is 2.33. The van der Waals surface area contributed by atoms with E-state index in [4.69, 9.17) is 14.3 Å². The topological polar surface area (TPSA) is 102 Å². The minimum atomic E-state index is -5.08. The van der Waals surface area contributed by atoms with Crippen LogP contribution in [0.3, 0.4) is 0 Å². The van der Waals surface area contributed by atoms with E-state index in [2.05, 4.69) is 31.5 Å². The van der Waals surface area contributed by atoms with E-state index in [0.29, 0.717) is 6.54 Å². The molecule has 0 aromatic carbocycles. The van der Waals surface area contributed by atoms with Crippen molar-refractivity contribution >= 4 is 5.97 Å². The number of carbonyl (C=O) groups is 1. The lowest BCUT2D eigenvalue weighted by atomic mass is 10.2. The molecule has 3 aromatic heterocycles. The van der Waals surface area contributed by atoms with E-state index in [1.165, 1.54) is 5.69 Å². The molecule has 0 aliphatic carbocycles. The maximum atomic E-state index is 10.6. The number of hydrogen-bond donors (Lipinski definition) is 1. The second kappa shape index (κ2) is 8.47. The third-order valence-corrected chi connectivity index (χ3v) is 4.47. The minimum Gasteiger partial charge on any atom is -0.475 e. The third kappa shape index (κ3) is 5.02. The summed E-state index contributed by atoms with van der Waals surface area (Å²) in [6.45, 7) is 5.64. The molecule has 156 valence electrons. The molecule has 29 heavy (non-hydrogen) atoms. The Morgan fingerprint density at radius 2 is 2.10 bits per heavy atom. The minimum absolute atomic E-state index is 0.267. The second-order valence-corrected chi connectivity index (χ2v) is 6.38. The fraction of sp³-hybridized carbons (Fsp3) is 0.412. The van der Waals surface area contributed by atoms with Gasteiger partial charge in [-0.1, -0.05) is 0 Å². The average Bonchev–Trinajstić information content (AvgIpc) is 3.41. The van der Waals surface area contributed by atoms with Crippen LogP contribution in [0.4, 0.5) is 13.2 Å². The highest BCUT2D eigenvalue weighted by atomic mass is 19.4. The summed E-state index contributed by atoms with van der Waals surface area (Å²) >= 11 is 0. The van der Waals surface area contributed by atoms with Crippen molar-refractivity contribution in [3.63, 3.8) is 0 Å². The van der Waals surface area contributed by atoms with E-state index in [0.717, 1.165) is 31.2 Å². The number of imidazole rings is 1. The Bertz CT molecular complexity index is 921. The van der Waals surface area contributed by atoms with E-state index in [1.54, 1.807) is 18.9 Å². The van der Waals surface area contributed by atoms with Crippen molar-refractivity contribution < 1.29 is 27.5 Å². The molecule has 0 amide bonds. The van der Waals surface area contributed by atoms with Gasteiger partial charge < -0.3 is 14.1 Å². The lowest BCUT2D eigenvalue weighted by molar-refractivity contribution is -0.192. The molecule has 1 atom stereocenters. The molecule has 0 spiro atoms. The molecule has 0 saturated carbocycles. The summed E-state index contributed by atoms with van der Waals surface area (Å²) in [5, 5.41) is 11.3. The zero-order chi connectivity index (χ0) is 21.0. The van der Waals surface area contributed by atoms with Gasteiger partial charge in [-0.2, -0.15) is 18.3 Å². The molecular formula is C17H19F3N6O3. The van der Waals surface area contributed by atoms with Crippen molar-refractivity contribution in [1.29, 1.82) is 0 Å². The molecule has 0 fully saturated rings. The molecule has 4 rings (SSSR count). The van der Waals surface area contributed by atoms with Crippen LogP contribution < -0.4 is 0 Å². The summed E-state index contributed by atoms with van der Waals surface area (Å²) in [5.41, 5.74) is 1.17. The van der Waals surface area contributed by atoms with Gasteiger partial charge in [0.2, 0.25) is 0 Å². The van der Waals surface area contributed by atoms with Crippen molar-refractivity contribution in [2.24, 2.45) is 0 Å². The van der Waals surface area contributed by atoms with Crippen LogP contribution in [0.15, 0.2) is 41.7 Å². The highest BCUT2D eigenvalue weighted by Gasteiger charge is 2.38. The SMILES string of the molecule is CC1c2ncc(Cn3cncn3)n2CCN1Cc1ccco1.O=C(O)C(F)(F)F. The van der Waals surface area contributed by atoms with Crippen LogP contribution in [0, 0.1) is 0 Å². The van der Waals surface area contributed by atoms with E-state index >= 15 is 0 Å². The van der Waals surface area contributed by atoms with E-state index in [-0.39, 0.29) is 6.04 Å². The number of alkyl halides is 3. The maximum absolute atomic E-state index is 10.6. The quantitative estimate of drug-likeness (QED) is 0.702. The standard InChI is InChI=1S/C15H18N6O.C2HF3O2/c1-12-15-17-7-13(8-20-11-16-10-18-20)21(15)5-4-19(12)9-14-3-2-6-22-14;3-2(4,5)1(6)7/h2-3,6-7,10-12H,4-5,8-9H2,1H3;(H,6,7). The Hall–Kier alpha value is -3.15. The van der Waals surface area contributed by atoms with E-state index in [1.807, 2.05) is 23.0 Å². The fourth-order valence-corrected chi connectivity index (χ4v) is 3.03. The molecule has 0 saturated heterocycles. The van der Waals surface area contributed by atoms with Gasteiger partial charge in [0.05, 0.1) is 37.3 Å². The van der Waals surface area contributed by atoms with Crippen molar-refractivity contribution in [2.45, 2.75) is 38.8 Å². The number of halogens is 3. The molecule has 0 bridgehead atoms. The average molecular weight is 412 g/mol. The number of furan rings is 1. The molecule has 4 heterocycles. The molecule has 1 aliphatic rings. The zero-order valence-electron chi connectivity index (χ0n) is 15.5. The molecular weight excluding hydrogens is 393 g/mol. The highest BCUT2D eigenvalue weighted by molar-refractivity contribution is 5.73. The summed E-state index contributed by atoms with van der Waals surface area (Å²) in [4.78, 5) is 19.9. The summed E-state index contributed by atoms with van der Waals surface area (Å²) in [6, 6.07) is 4.22.